The molecule has 2 amide bonds. The van der Waals surface area contributed by atoms with Crippen LogP contribution in [0.25, 0.3) is 0 Å². The number of nitrogens with one attached hydrogen (secondary N) is 2. The van der Waals surface area contributed by atoms with E-state index in [1.54, 1.807) is 0 Å². The first-order valence-electron chi connectivity index (χ1n) is 9.77. The van der Waals surface area contributed by atoms with Crippen LogP contribution in [0.1, 0.15) is 30.0 Å². The molecule has 3 rings (SSSR count). The Balaban J connectivity index is 1.61. The SMILES string of the molecule is Cc1cc(N2CCCC2)ccc1NC(=O)NC[C@@H](c1ccccc1Cl)N(C)C. The molecule has 0 spiro atoms. The number of urea groups is 1. The summed E-state index contributed by atoms with van der Waals surface area (Å²) in [5.41, 5.74) is 4.13. The summed E-state index contributed by atoms with van der Waals surface area (Å²) in [6, 6.07) is 13.7. The van der Waals surface area contributed by atoms with Crippen molar-refractivity contribution in [2.45, 2.75) is 25.8 Å². The summed E-state index contributed by atoms with van der Waals surface area (Å²) in [5.74, 6) is 0. The molecule has 1 atom stereocenters. The Labute approximate surface area is 172 Å². The quantitative estimate of drug-likeness (QED) is 0.740. The van der Waals surface area contributed by atoms with E-state index in [0.717, 1.165) is 29.9 Å². The molecule has 0 bridgehead atoms. The van der Waals surface area contributed by atoms with Crippen LogP contribution in [0.15, 0.2) is 42.5 Å². The topological polar surface area (TPSA) is 47.6 Å². The molecule has 1 heterocycles. The van der Waals surface area contributed by atoms with Crippen molar-refractivity contribution in [3.8, 4) is 0 Å². The van der Waals surface area contributed by atoms with Gasteiger partial charge in [0.1, 0.15) is 0 Å². The summed E-state index contributed by atoms with van der Waals surface area (Å²) in [6.45, 7) is 4.72. The van der Waals surface area contributed by atoms with Crippen molar-refractivity contribution >= 4 is 29.0 Å². The van der Waals surface area contributed by atoms with Crippen molar-refractivity contribution in [1.82, 2.24) is 10.2 Å². The van der Waals surface area contributed by atoms with E-state index in [0.29, 0.717) is 11.6 Å². The lowest BCUT2D eigenvalue weighted by Gasteiger charge is -2.26. The average Bonchev–Trinajstić information content (AvgIpc) is 3.19. The van der Waals surface area contributed by atoms with Gasteiger partial charge < -0.3 is 20.4 Å². The zero-order chi connectivity index (χ0) is 20.1. The second kappa shape index (κ2) is 9.30. The third-order valence-electron chi connectivity index (χ3n) is 5.27. The van der Waals surface area contributed by atoms with Crippen molar-refractivity contribution in [2.75, 3.05) is 43.9 Å². The van der Waals surface area contributed by atoms with Crippen LogP contribution in [0.3, 0.4) is 0 Å². The molecule has 1 aliphatic rings. The van der Waals surface area contributed by atoms with E-state index in [-0.39, 0.29) is 12.1 Å². The van der Waals surface area contributed by atoms with Gasteiger partial charge in [0.25, 0.3) is 0 Å². The maximum absolute atomic E-state index is 12.5. The predicted octanol–water partition coefficient (Wildman–Crippen LogP) is 4.67. The Kier molecular flexibility index (Phi) is 6.81. The van der Waals surface area contributed by atoms with Gasteiger partial charge in [-0.2, -0.15) is 0 Å². The van der Waals surface area contributed by atoms with Crippen molar-refractivity contribution < 1.29 is 4.79 Å². The highest BCUT2D eigenvalue weighted by atomic mass is 35.5. The average molecular weight is 401 g/mol. The predicted molar refractivity (Wildman–Crippen MR) is 118 cm³/mol. The van der Waals surface area contributed by atoms with Gasteiger partial charge >= 0.3 is 6.03 Å². The van der Waals surface area contributed by atoms with Gasteiger partial charge in [0.05, 0.1) is 6.04 Å². The van der Waals surface area contributed by atoms with Gasteiger partial charge in [-0.05, 0) is 69.3 Å². The second-order valence-corrected chi connectivity index (χ2v) is 7.94. The molecule has 0 aromatic heterocycles. The lowest BCUT2D eigenvalue weighted by Crippen LogP contribution is -2.37. The van der Waals surface area contributed by atoms with Gasteiger partial charge in [0.15, 0.2) is 0 Å². The van der Waals surface area contributed by atoms with Crippen LogP contribution in [0.2, 0.25) is 5.02 Å². The molecule has 0 radical (unpaired) electrons. The monoisotopic (exact) mass is 400 g/mol. The third-order valence-corrected chi connectivity index (χ3v) is 5.62. The van der Waals surface area contributed by atoms with E-state index < -0.39 is 0 Å². The number of anilines is 2. The van der Waals surface area contributed by atoms with Gasteiger partial charge in [-0.3, -0.25) is 0 Å². The molecule has 2 N–H and O–H groups in total. The normalized spacial score (nSPS) is 15.0. The molecule has 5 nitrogen and oxygen atoms in total. The smallest absolute Gasteiger partial charge is 0.319 e. The van der Waals surface area contributed by atoms with Crippen molar-refractivity contribution in [2.24, 2.45) is 0 Å². The van der Waals surface area contributed by atoms with E-state index in [4.69, 9.17) is 11.6 Å². The molecule has 1 aliphatic heterocycles. The third kappa shape index (κ3) is 4.97. The molecule has 1 saturated heterocycles. The van der Waals surface area contributed by atoms with Crippen molar-refractivity contribution in [3.63, 3.8) is 0 Å². The largest absolute Gasteiger partial charge is 0.372 e. The van der Waals surface area contributed by atoms with E-state index in [1.807, 2.05) is 51.4 Å². The summed E-state index contributed by atoms with van der Waals surface area (Å²) in [6.07, 6.45) is 2.50. The zero-order valence-corrected chi connectivity index (χ0v) is 17.6. The maximum atomic E-state index is 12.5. The zero-order valence-electron chi connectivity index (χ0n) is 16.8. The number of hydrogen-bond donors (Lipinski definition) is 2. The van der Waals surface area contributed by atoms with Gasteiger partial charge in [-0.15, -0.1) is 0 Å². The molecule has 6 heteroatoms. The number of nitrogens with zero attached hydrogens (tertiary/aromatic N) is 2. The Hall–Kier alpha value is -2.24. The summed E-state index contributed by atoms with van der Waals surface area (Å²) >= 11 is 6.34. The molecular formula is C22H29ClN4O. The van der Waals surface area contributed by atoms with Crippen LogP contribution in [0.4, 0.5) is 16.2 Å². The first-order chi connectivity index (χ1) is 13.5. The Bertz CT molecular complexity index is 818. The van der Waals surface area contributed by atoms with E-state index in [1.165, 1.54) is 18.5 Å². The van der Waals surface area contributed by atoms with E-state index in [2.05, 4.69) is 32.6 Å². The highest BCUT2D eigenvalue weighted by Gasteiger charge is 2.18. The van der Waals surface area contributed by atoms with Gasteiger partial charge in [-0.1, -0.05) is 29.8 Å². The molecule has 2 aromatic carbocycles. The molecule has 0 aliphatic carbocycles. The van der Waals surface area contributed by atoms with Gasteiger partial charge in [0, 0.05) is 36.0 Å². The standard InChI is InChI=1S/C22H29ClN4O/c1-16-14-17(27-12-6-7-13-27)10-11-20(16)25-22(28)24-15-21(26(2)3)18-8-4-5-9-19(18)23/h4-5,8-11,14,21H,6-7,12-13,15H2,1-3H3,(H2,24,25,28)/t21-/m0/s1. The number of hydrogen-bond acceptors (Lipinski definition) is 3. The number of carbonyl (C=O) groups is 1. The first kappa shape index (κ1) is 20.5. The maximum Gasteiger partial charge on any atom is 0.319 e. The molecule has 28 heavy (non-hydrogen) atoms. The highest BCUT2D eigenvalue weighted by molar-refractivity contribution is 6.31. The van der Waals surface area contributed by atoms with Gasteiger partial charge in [0.2, 0.25) is 0 Å². The Morgan fingerprint density at radius 1 is 1.18 bits per heavy atom. The molecule has 150 valence electrons. The lowest BCUT2D eigenvalue weighted by atomic mass is 10.1. The number of halogens is 1. The number of aryl methyl sites for hydroxylation is 1. The summed E-state index contributed by atoms with van der Waals surface area (Å²) in [4.78, 5) is 16.9. The van der Waals surface area contributed by atoms with E-state index >= 15 is 0 Å². The first-order valence-corrected chi connectivity index (χ1v) is 10.1. The van der Waals surface area contributed by atoms with Crippen LogP contribution in [0.5, 0.6) is 0 Å². The molecule has 0 saturated carbocycles. The molecule has 0 unspecified atom stereocenters. The fraction of sp³-hybridized carbons (Fsp3) is 0.409. The minimum absolute atomic E-state index is 0.00177. The Morgan fingerprint density at radius 2 is 1.89 bits per heavy atom. The number of amides is 2. The molecular weight excluding hydrogens is 372 g/mol. The minimum atomic E-state index is -0.212. The van der Waals surface area contributed by atoms with E-state index in [9.17, 15) is 4.79 Å². The fourth-order valence-electron chi connectivity index (χ4n) is 3.63. The van der Waals surface area contributed by atoms with Crippen LogP contribution in [0, 0.1) is 6.92 Å². The highest BCUT2D eigenvalue weighted by Crippen LogP contribution is 2.27. The van der Waals surface area contributed by atoms with Crippen LogP contribution in [-0.4, -0.2) is 44.7 Å². The fourth-order valence-corrected chi connectivity index (χ4v) is 3.89. The number of benzene rings is 2. The number of carbonyl (C=O) groups excluding carboxylic acids is 1. The summed E-state index contributed by atoms with van der Waals surface area (Å²) in [5, 5.41) is 6.65. The number of likely N-dealkylation sites (N-methyl/N-ethyl adjacent to an activating group) is 1. The minimum Gasteiger partial charge on any atom is -0.372 e. The van der Waals surface area contributed by atoms with Crippen LogP contribution < -0.4 is 15.5 Å². The van der Waals surface area contributed by atoms with Crippen molar-refractivity contribution in [1.29, 1.82) is 0 Å². The number of rotatable bonds is 6. The summed E-state index contributed by atoms with van der Waals surface area (Å²) in [7, 11) is 3.96. The van der Waals surface area contributed by atoms with Crippen molar-refractivity contribution in [3.05, 3.63) is 58.6 Å². The summed E-state index contributed by atoms with van der Waals surface area (Å²) < 4.78 is 0. The van der Waals surface area contributed by atoms with Crippen LogP contribution in [-0.2, 0) is 0 Å². The van der Waals surface area contributed by atoms with Gasteiger partial charge in [-0.25, -0.2) is 4.79 Å². The molecule has 1 fully saturated rings. The molecule has 2 aromatic rings. The Morgan fingerprint density at radius 3 is 2.54 bits per heavy atom. The lowest BCUT2D eigenvalue weighted by molar-refractivity contribution is 0.243. The second-order valence-electron chi connectivity index (χ2n) is 7.53. The van der Waals surface area contributed by atoms with Crippen LogP contribution >= 0.6 is 11.6 Å².